The van der Waals surface area contributed by atoms with Gasteiger partial charge in [-0.05, 0) is 17.7 Å². The number of aromatic hydroxyl groups is 1. The van der Waals surface area contributed by atoms with Crippen molar-refractivity contribution >= 4 is 0 Å². The van der Waals surface area contributed by atoms with Crippen LogP contribution in [0.1, 0.15) is 18.6 Å². The topological polar surface area (TPSA) is 40.5 Å². The molecule has 0 aliphatic heterocycles. The Morgan fingerprint density at radius 3 is 2.64 bits per heavy atom. The lowest BCUT2D eigenvalue weighted by atomic mass is 9.97. The minimum Gasteiger partial charge on any atom is -0.505 e. The van der Waals surface area contributed by atoms with E-state index in [0.717, 1.165) is 6.07 Å². The molecule has 76 valence electrons. The lowest BCUT2D eigenvalue weighted by Crippen LogP contribution is -2.06. The summed E-state index contributed by atoms with van der Waals surface area (Å²) in [5.74, 6) is -1.29. The zero-order valence-corrected chi connectivity index (χ0v) is 7.94. The highest BCUT2D eigenvalue weighted by atomic mass is 19.1. The largest absolute Gasteiger partial charge is 0.505 e. The molecule has 1 rings (SSSR count). The smallest absolute Gasteiger partial charge is 0.165 e. The van der Waals surface area contributed by atoms with Gasteiger partial charge in [-0.2, -0.15) is 0 Å². The molecule has 0 radical (unpaired) electrons. The Hall–Kier alpha value is -1.35. The van der Waals surface area contributed by atoms with Gasteiger partial charge in [0, 0.05) is 5.92 Å². The average Bonchev–Trinajstić information content (AvgIpc) is 2.20. The van der Waals surface area contributed by atoms with Crippen LogP contribution in [-0.2, 0) is 0 Å². The van der Waals surface area contributed by atoms with Crippen molar-refractivity contribution in [1.82, 2.24) is 0 Å². The van der Waals surface area contributed by atoms with Crippen LogP contribution in [0.5, 0.6) is 5.75 Å². The average molecular weight is 196 g/mol. The van der Waals surface area contributed by atoms with Gasteiger partial charge in [0.1, 0.15) is 0 Å². The van der Waals surface area contributed by atoms with Gasteiger partial charge < -0.3 is 10.2 Å². The van der Waals surface area contributed by atoms with Gasteiger partial charge in [0.05, 0.1) is 6.10 Å². The van der Waals surface area contributed by atoms with Crippen LogP contribution in [0, 0.1) is 11.7 Å². The summed E-state index contributed by atoms with van der Waals surface area (Å²) in [5, 5.41) is 18.6. The monoisotopic (exact) mass is 196 g/mol. The minimum absolute atomic E-state index is 0.154. The molecule has 0 amide bonds. The molecule has 0 heterocycles. The molecule has 2 N–H and O–H groups in total. The minimum atomic E-state index is -0.789. The van der Waals surface area contributed by atoms with Gasteiger partial charge in [0.2, 0.25) is 0 Å². The predicted octanol–water partition coefficient (Wildman–Crippen LogP) is 2.39. The molecule has 14 heavy (non-hydrogen) atoms. The maximum absolute atomic E-state index is 12.9. The van der Waals surface area contributed by atoms with E-state index in [-0.39, 0.29) is 5.92 Å². The molecule has 0 spiro atoms. The summed E-state index contributed by atoms with van der Waals surface area (Å²) in [6.07, 6.45) is 0.803. The molecule has 1 aromatic carbocycles. The number of phenols is 1. The molecular weight excluding hydrogens is 183 g/mol. The molecule has 2 nitrogen and oxygen atoms in total. The first-order valence-corrected chi connectivity index (χ1v) is 4.35. The number of rotatable bonds is 3. The van der Waals surface area contributed by atoms with Crippen molar-refractivity contribution in [3.8, 4) is 5.75 Å². The lowest BCUT2D eigenvalue weighted by Gasteiger charge is -2.15. The van der Waals surface area contributed by atoms with Crippen LogP contribution in [-0.4, -0.2) is 10.2 Å². The van der Waals surface area contributed by atoms with Crippen LogP contribution in [0.4, 0.5) is 4.39 Å². The highest BCUT2D eigenvalue weighted by Crippen LogP contribution is 2.25. The van der Waals surface area contributed by atoms with Gasteiger partial charge in [-0.3, -0.25) is 0 Å². The SMILES string of the molecule is C=C[C@@H](C)[C@H](O)c1ccc(O)c(F)c1. The van der Waals surface area contributed by atoms with E-state index in [4.69, 9.17) is 5.11 Å². The number of benzene rings is 1. The number of hydrogen-bond acceptors (Lipinski definition) is 2. The molecule has 1 aromatic rings. The summed E-state index contributed by atoms with van der Waals surface area (Å²) in [6.45, 7) is 5.32. The summed E-state index contributed by atoms with van der Waals surface area (Å²) in [5.41, 5.74) is 0.438. The molecule has 0 aliphatic rings. The van der Waals surface area contributed by atoms with Crippen molar-refractivity contribution in [2.24, 2.45) is 5.92 Å². The first-order valence-electron chi connectivity index (χ1n) is 4.35. The molecule has 0 saturated carbocycles. The number of aliphatic hydroxyl groups excluding tert-OH is 1. The third kappa shape index (κ3) is 2.12. The molecule has 0 unspecified atom stereocenters. The Morgan fingerprint density at radius 2 is 2.14 bits per heavy atom. The van der Waals surface area contributed by atoms with E-state index in [1.54, 1.807) is 13.0 Å². The summed E-state index contributed by atoms with van der Waals surface area (Å²) < 4.78 is 12.9. The maximum atomic E-state index is 12.9. The molecule has 3 heteroatoms. The van der Waals surface area contributed by atoms with Crippen molar-refractivity contribution < 1.29 is 14.6 Å². The Labute approximate surface area is 82.3 Å². The van der Waals surface area contributed by atoms with E-state index in [2.05, 4.69) is 6.58 Å². The van der Waals surface area contributed by atoms with Gasteiger partial charge >= 0.3 is 0 Å². The van der Waals surface area contributed by atoms with Crippen molar-refractivity contribution in [2.45, 2.75) is 13.0 Å². The molecule has 2 atom stereocenters. The fourth-order valence-corrected chi connectivity index (χ4v) is 1.14. The van der Waals surface area contributed by atoms with Gasteiger partial charge in [-0.25, -0.2) is 4.39 Å². The highest BCUT2D eigenvalue weighted by Gasteiger charge is 2.14. The number of aliphatic hydroxyl groups is 1. The molecule has 0 aromatic heterocycles. The van der Waals surface area contributed by atoms with E-state index < -0.39 is 17.7 Å². The molecular formula is C11H13FO2. The third-order valence-electron chi connectivity index (χ3n) is 2.18. The summed E-state index contributed by atoms with van der Waals surface area (Å²) >= 11 is 0. The van der Waals surface area contributed by atoms with Gasteiger partial charge in [-0.1, -0.05) is 19.1 Å². The zero-order valence-electron chi connectivity index (χ0n) is 7.94. The maximum Gasteiger partial charge on any atom is 0.165 e. The Morgan fingerprint density at radius 1 is 1.50 bits per heavy atom. The van der Waals surface area contributed by atoms with Gasteiger partial charge in [0.15, 0.2) is 11.6 Å². The van der Waals surface area contributed by atoms with Crippen LogP contribution in [0.3, 0.4) is 0 Å². The Balaban J connectivity index is 2.96. The second kappa shape index (κ2) is 4.24. The number of halogens is 1. The van der Waals surface area contributed by atoms with Gasteiger partial charge in [0.25, 0.3) is 0 Å². The van der Waals surface area contributed by atoms with Crippen LogP contribution >= 0.6 is 0 Å². The van der Waals surface area contributed by atoms with Crippen molar-refractivity contribution in [2.75, 3.05) is 0 Å². The quantitative estimate of drug-likeness (QED) is 0.729. The Bertz CT molecular complexity index is 336. The Kier molecular flexibility index (Phi) is 3.25. The van der Waals surface area contributed by atoms with E-state index >= 15 is 0 Å². The van der Waals surface area contributed by atoms with Crippen molar-refractivity contribution in [3.05, 3.63) is 42.2 Å². The predicted molar refractivity (Wildman–Crippen MR) is 52.4 cm³/mol. The fraction of sp³-hybridized carbons (Fsp3) is 0.273. The van der Waals surface area contributed by atoms with Crippen LogP contribution < -0.4 is 0 Å². The fourth-order valence-electron chi connectivity index (χ4n) is 1.14. The summed E-state index contributed by atoms with van der Waals surface area (Å²) in [6, 6.07) is 3.84. The molecule has 0 saturated heterocycles. The van der Waals surface area contributed by atoms with Crippen LogP contribution in [0.2, 0.25) is 0 Å². The molecule has 0 bridgehead atoms. The van der Waals surface area contributed by atoms with Gasteiger partial charge in [-0.15, -0.1) is 6.58 Å². The first kappa shape index (κ1) is 10.7. The molecule has 0 fully saturated rings. The lowest BCUT2D eigenvalue weighted by molar-refractivity contribution is 0.139. The van der Waals surface area contributed by atoms with E-state index in [0.29, 0.717) is 5.56 Å². The number of phenolic OH excluding ortho intramolecular Hbond substituents is 1. The second-order valence-electron chi connectivity index (χ2n) is 3.25. The molecule has 0 aliphatic carbocycles. The second-order valence-corrected chi connectivity index (χ2v) is 3.25. The highest BCUT2D eigenvalue weighted by molar-refractivity contribution is 5.29. The summed E-state index contributed by atoms with van der Waals surface area (Å²) in [7, 11) is 0. The van der Waals surface area contributed by atoms with Crippen molar-refractivity contribution in [3.63, 3.8) is 0 Å². The van der Waals surface area contributed by atoms with Crippen LogP contribution in [0.25, 0.3) is 0 Å². The number of hydrogen-bond donors (Lipinski definition) is 2. The zero-order chi connectivity index (χ0) is 10.7. The third-order valence-corrected chi connectivity index (χ3v) is 2.18. The van der Waals surface area contributed by atoms with E-state index in [1.807, 2.05) is 0 Å². The normalized spacial score (nSPS) is 14.8. The van der Waals surface area contributed by atoms with E-state index in [9.17, 15) is 9.50 Å². The summed E-state index contributed by atoms with van der Waals surface area (Å²) in [4.78, 5) is 0. The van der Waals surface area contributed by atoms with E-state index in [1.165, 1.54) is 12.1 Å². The standard InChI is InChI=1S/C11H13FO2/c1-3-7(2)11(14)8-4-5-10(13)9(12)6-8/h3-7,11,13-14H,1H2,2H3/t7-,11+/m1/s1. The first-order chi connectivity index (χ1) is 6.56. The van der Waals surface area contributed by atoms with Crippen molar-refractivity contribution in [1.29, 1.82) is 0 Å². The van der Waals surface area contributed by atoms with Crippen LogP contribution in [0.15, 0.2) is 30.9 Å².